The molecule has 1 heterocycles. The smallest absolute Gasteiger partial charge is 0.273 e. The number of hydrogen-bond donors (Lipinski definition) is 4. The summed E-state index contributed by atoms with van der Waals surface area (Å²) in [5.74, 6) is -0.440. The maximum atomic E-state index is 11.7. The third-order valence-corrected chi connectivity index (χ3v) is 3.34. The van der Waals surface area contributed by atoms with E-state index in [2.05, 4.69) is 10.6 Å². The Bertz CT molecular complexity index is 525. The number of anilines is 1. The summed E-state index contributed by atoms with van der Waals surface area (Å²) in [6, 6.07) is 9.05. The molecule has 0 aromatic heterocycles. The molecule has 0 saturated carbocycles. The van der Waals surface area contributed by atoms with Crippen molar-refractivity contribution in [2.24, 2.45) is 5.73 Å². The van der Waals surface area contributed by atoms with Gasteiger partial charge in [0.25, 0.3) is 5.91 Å². The number of para-hydroxylation sites is 1. The van der Waals surface area contributed by atoms with Crippen molar-refractivity contribution in [1.82, 2.24) is 5.32 Å². The molecular formula is C17H26N4O2. The summed E-state index contributed by atoms with van der Waals surface area (Å²) in [6.45, 7) is 7.41. The van der Waals surface area contributed by atoms with Gasteiger partial charge in [-0.2, -0.15) is 0 Å². The third-order valence-electron chi connectivity index (χ3n) is 3.34. The van der Waals surface area contributed by atoms with Crippen molar-refractivity contribution in [3.63, 3.8) is 0 Å². The Balaban J connectivity index is 0.000000366. The van der Waals surface area contributed by atoms with Crippen molar-refractivity contribution < 1.29 is 9.53 Å². The summed E-state index contributed by atoms with van der Waals surface area (Å²) < 4.78 is 5.01. The number of hydrogen-bond acceptors (Lipinski definition) is 5. The molecule has 0 radical (unpaired) electrons. The molecule has 0 atom stereocenters. The Morgan fingerprint density at radius 2 is 1.91 bits per heavy atom. The first-order valence-electron chi connectivity index (χ1n) is 7.75. The predicted molar refractivity (Wildman–Crippen MR) is 93.7 cm³/mol. The van der Waals surface area contributed by atoms with E-state index < -0.39 is 5.91 Å². The monoisotopic (exact) mass is 318 g/mol. The van der Waals surface area contributed by atoms with Crippen LogP contribution in [0.1, 0.15) is 20.3 Å². The number of nitrogens with two attached hydrogens (primary N) is 1. The van der Waals surface area contributed by atoms with Crippen LogP contribution in [-0.4, -0.2) is 37.9 Å². The van der Waals surface area contributed by atoms with E-state index in [1.807, 2.05) is 25.1 Å². The molecule has 1 amide bonds. The zero-order chi connectivity index (χ0) is 17.1. The van der Waals surface area contributed by atoms with E-state index in [1.165, 1.54) is 0 Å². The molecule has 2 rings (SSSR count). The second-order valence-corrected chi connectivity index (χ2v) is 5.06. The largest absolute Gasteiger partial charge is 0.402 e. The van der Waals surface area contributed by atoms with Gasteiger partial charge in [0, 0.05) is 24.5 Å². The minimum absolute atomic E-state index is 0.0896. The molecule has 0 spiro atoms. The van der Waals surface area contributed by atoms with Gasteiger partial charge >= 0.3 is 0 Å². The average Bonchev–Trinajstić information content (AvgIpc) is 2.62. The average molecular weight is 318 g/mol. The topological polar surface area (TPSA) is 100 Å². The molecule has 6 nitrogen and oxygen atoms in total. The predicted octanol–water partition coefficient (Wildman–Crippen LogP) is 1.89. The highest BCUT2D eigenvalue weighted by Crippen LogP contribution is 2.08. The second kappa shape index (κ2) is 10.5. The van der Waals surface area contributed by atoms with Crippen LogP contribution in [0, 0.1) is 5.41 Å². The molecule has 126 valence electrons. The number of amides is 1. The molecule has 0 aliphatic carbocycles. The van der Waals surface area contributed by atoms with E-state index in [0.717, 1.165) is 26.3 Å². The molecule has 23 heavy (non-hydrogen) atoms. The van der Waals surface area contributed by atoms with Gasteiger partial charge in [0.15, 0.2) is 0 Å². The Labute approximate surface area is 137 Å². The number of carbonyl (C=O) groups is 1. The highest BCUT2D eigenvalue weighted by atomic mass is 16.5. The van der Waals surface area contributed by atoms with Gasteiger partial charge in [-0.1, -0.05) is 25.1 Å². The third kappa shape index (κ3) is 7.08. The molecule has 6 heteroatoms. The fraction of sp³-hybridized carbons (Fsp3) is 0.412. The van der Waals surface area contributed by atoms with E-state index in [9.17, 15) is 4.79 Å². The van der Waals surface area contributed by atoms with Gasteiger partial charge in [0.1, 0.15) is 5.71 Å². The van der Waals surface area contributed by atoms with Gasteiger partial charge in [-0.3, -0.25) is 10.2 Å². The lowest BCUT2D eigenvalue weighted by Gasteiger charge is -2.10. The summed E-state index contributed by atoms with van der Waals surface area (Å²) in [6.07, 6.45) is 0.632. The molecule has 1 fully saturated rings. The van der Waals surface area contributed by atoms with Crippen molar-refractivity contribution >= 4 is 17.3 Å². The van der Waals surface area contributed by atoms with E-state index >= 15 is 0 Å². The van der Waals surface area contributed by atoms with Crippen LogP contribution in [0.3, 0.4) is 0 Å². The van der Waals surface area contributed by atoms with Crippen molar-refractivity contribution in [2.75, 3.05) is 31.6 Å². The second-order valence-electron chi connectivity index (χ2n) is 5.06. The van der Waals surface area contributed by atoms with E-state index in [0.29, 0.717) is 23.4 Å². The van der Waals surface area contributed by atoms with Crippen LogP contribution in [0.4, 0.5) is 5.69 Å². The minimum atomic E-state index is -0.440. The first-order chi connectivity index (χ1) is 11.1. The Kier molecular flexibility index (Phi) is 8.64. The van der Waals surface area contributed by atoms with Crippen molar-refractivity contribution in [2.45, 2.75) is 20.3 Å². The number of nitrogens with one attached hydrogen (secondary N) is 3. The van der Waals surface area contributed by atoms with Crippen molar-refractivity contribution in [1.29, 1.82) is 5.41 Å². The molecule has 1 aromatic rings. The molecule has 0 bridgehead atoms. The summed E-state index contributed by atoms with van der Waals surface area (Å²) in [5.41, 5.74) is 7.39. The Hall–Kier alpha value is -2.18. The zero-order valence-corrected chi connectivity index (χ0v) is 13.8. The first-order valence-corrected chi connectivity index (χ1v) is 7.75. The molecule has 1 aliphatic rings. The summed E-state index contributed by atoms with van der Waals surface area (Å²) in [7, 11) is 0. The fourth-order valence-electron chi connectivity index (χ4n) is 1.83. The molecule has 1 saturated heterocycles. The van der Waals surface area contributed by atoms with Gasteiger partial charge in [0.05, 0.1) is 13.2 Å². The summed E-state index contributed by atoms with van der Waals surface area (Å²) >= 11 is 0. The maximum absolute atomic E-state index is 11.7. The molecule has 0 unspecified atom stereocenters. The van der Waals surface area contributed by atoms with Crippen LogP contribution >= 0.6 is 0 Å². The van der Waals surface area contributed by atoms with Crippen LogP contribution in [0.15, 0.2) is 41.6 Å². The fourth-order valence-corrected chi connectivity index (χ4v) is 1.83. The van der Waals surface area contributed by atoms with E-state index in [4.69, 9.17) is 15.9 Å². The standard InChI is InChI=1S/C13H17N3O.C4H9NO/c1-3-11(14)9(2)12(15)13(17)16-10-7-5-4-6-8-10;1-3-6-4-2-5-1/h4-8,15H,3,14H2,1-2H3,(H,16,17);5H,1-4H2/b11-9-,15-12?;. The lowest BCUT2D eigenvalue weighted by molar-refractivity contribution is -0.110. The number of ether oxygens (including phenoxy) is 1. The number of allylic oxidation sites excluding steroid dienone is 1. The highest BCUT2D eigenvalue weighted by molar-refractivity contribution is 6.47. The van der Waals surface area contributed by atoms with E-state index in [-0.39, 0.29) is 5.71 Å². The molecule has 5 N–H and O–H groups in total. The van der Waals surface area contributed by atoms with Crippen LogP contribution in [0.5, 0.6) is 0 Å². The molecule has 1 aliphatic heterocycles. The zero-order valence-electron chi connectivity index (χ0n) is 13.8. The van der Waals surface area contributed by atoms with E-state index in [1.54, 1.807) is 19.1 Å². The lowest BCUT2D eigenvalue weighted by Crippen LogP contribution is -2.30. The SMILES string of the molecule is C1COCCN1.CC/C(N)=C(\C)C(=N)C(=O)Nc1ccccc1. The summed E-state index contributed by atoms with van der Waals surface area (Å²) in [4.78, 5) is 11.7. The number of morpholine rings is 1. The van der Waals surface area contributed by atoms with Crippen molar-refractivity contribution in [3.05, 3.63) is 41.6 Å². The van der Waals surface area contributed by atoms with Gasteiger partial charge in [-0.15, -0.1) is 0 Å². The maximum Gasteiger partial charge on any atom is 0.273 e. The van der Waals surface area contributed by atoms with Gasteiger partial charge < -0.3 is 21.1 Å². The molecular weight excluding hydrogens is 292 g/mol. The lowest BCUT2D eigenvalue weighted by atomic mass is 10.1. The van der Waals surface area contributed by atoms with Crippen molar-refractivity contribution in [3.8, 4) is 0 Å². The number of rotatable bonds is 4. The Morgan fingerprint density at radius 1 is 1.30 bits per heavy atom. The normalized spacial score (nSPS) is 14.9. The number of benzene rings is 1. The Morgan fingerprint density at radius 3 is 2.35 bits per heavy atom. The number of carbonyl (C=O) groups excluding carboxylic acids is 1. The van der Waals surface area contributed by atoms with Crippen LogP contribution in [-0.2, 0) is 9.53 Å². The molecule has 1 aromatic carbocycles. The van der Waals surface area contributed by atoms with Crippen LogP contribution in [0.25, 0.3) is 0 Å². The van der Waals surface area contributed by atoms with Gasteiger partial charge in [0.2, 0.25) is 0 Å². The minimum Gasteiger partial charge on any atom is -0.402 e. The highest BCUT2D eigenvalue weighted by Gasteiger charge is 2.13. The van der Waals surface area contributed by atoms with Gasteiger partial charge in [-0.25, -0.2) is 0 Å². The van der Waals surface area contributed by atoms with Crippen LogP contribution in [0.2, 0.25) is 0 Å². The summed E-state index contributed by atoms with van der Waals surface area (Å²) in [5, 5.41) is 13.5. The van der Waals surface area contributed by atoms with Crippen LogP contribution < -0.4 is 16.4 Å². The van der Waals surface area contributed by atoms with Gasteiger partial charge in [-0.05, 0) is 31.1 Å². The first kappa shape index (κ1) is 18.9. The quantitative estimate of drug-likeness (QED) is 0.637.